The summed E-state index contributed by atoms with van der Waals surface area (Å²) in [6.45, 7) is 9.42. The van der Waals surface area contributed by atoms with Crippen molar-refractivity contribution in [1.29, 1.82) is 0 Å². The van der Waals surface area contributed by atoms with Gasteiger partial charge in [0.1, 0.15) is 11.9 Å². The standard InChI is InChI=1S/C16H22O3/c1-6-15(2,3)14(18)19-16(4,5)13-9-7-12(11-17)8-10-13/h7-11H,6H2,1-5H3. The van der Waals surface area contributed by atoms with Crippen molar-refractivity contribution >= 4 is 12.3 Å². The Labute approximate surface area is 115 Å². The quantitative estimate of drug-likeness (QED) is 0.600. The van der Waals surface area contributed by atoms with Gasteiger partial charge < -0.3 is 4.74 Å². The second-order valence-corrected chi connectivity index (χ2v) is 5.88. The lowest BCUT2D eigenvalue weighted by Crippen LogP contribution is -2.33. The van der Waals surface area contributed by atoms with Gasteiger partial charge in [0.2, 0.25) is 0 Å². The molecule has 0 bridgehead atoms. The average molecular weight is 262 g/mol. The van der Waals surface area contributed by atoms with E-state index in [2.05, 4.69) is 0 Å². The molecule has 3 heteroatoms. The molecule has 0 aliphatic heterocycles. The van der Waals surface area contributed by atoms with Gasteiger partial charge in [-0.25, -0.2) is 0 Å². The zero-order valence-electron chi connectivity index (χ0n) is 12.3. The minimum absolute atomic E-state index is 0.209. The summed E-state index contributed by atoms with van der Waals surface area (Å²) >= 11 is 0. The zero-order valence-corrected chi connectivity index (χ0v) is 12.3. The van der Waals surface area contributed by atoms with E-state index < -0.39 is 11.0 Å². The van der Waals surface area contributed by atoms with Gasteiger partial charge in [-0.2, -0.15) is 0 Å². The predicted octanol–water partition coefficient (Wildman–Crippen LogP) is 3.71. The summed E-state index contributed by atoms with van der Waals surface area (Å²) in [6.07, 6.45) is 1.52. The molecule has 104 valence electrons. The first-order valence-corrected chi connectivity index (χ1v) is 6.52. The fourth-order valence-corrected chi connectivity index (χ4v) is 1.54. The Morgan fingerprint density at radius 1 is 1.16 bits per heavy atom. The summed E-state index contributed by atoms with van der Waals surface area (Å²) < 4.78 is 5.63. The number of aldehydes is 1. The van der Waals surface area contributed by atoms with Crippen molar-refractivity contribution in [3.05, 3.63) is 35.4 Å². The molecule has 0 saturated carbocycles. The maximum absolute atomic E-state index is 12.1. The first-order chi connectivity index (χ1) is 8.73. The lowest BCUT2D eigenvalue weighted by atomic mass is 9.89. The fraction of sp³-hybridized carbons (Fsp3) is 0.500. The second-order valence-electron chi connectivity index (χ2n) is 5.88. The van der Waals surface area contributed by atoms with E-state index >= 15 is 0 Å². The highest BCUT2D eigenvalue weighted by Gasteiger charge is 2.33. The number of hydrogen-bond donors (Lipinski definition) is 0. The Morgan fingerprint density at radius 2 is 1.68 bits per heavy atom. The van der Waals surface area contributed by atoms with Crippen molar-refractivity contribution in [3.8, 4) is 0 Å². The average Bonchev–Trinajstić information content (AvgIpc) is 2.38. The van der Waals surface area contributed by atoms with Crippen LogP contribution in [-0.2, 0) is 15.1 Å². The van der Waals surface area contributed by atoms with E-state index in [1.54, 1.807) is 12.1 Å². The molecule has 0 heterocycles. The zero-order chi connectivity index (χ0) is 14.7. The van der Waals surface area contributed by atoms with Crippen molar-refractivity contribution in [3.63, 3.8) is 0 Å². The highest BCUT2D eigenvalue weighted by Crippen LogP contribution is 2.30. The smallest absolute Gasteiger partial charge is 0.312 e. The van der Waals surface area contributed by atoms with Crippen molar-refractivity contribution in [2.24, 2.45) is 5.41 Å². The van der Waals surface area contributed by atoms with Crippen molar-refractivity contribution in [2.45, 2.75) is 46.6 Å². The number of carbonyl (C=O) groups is 2. The fourth-order valence-electron chi connectivity index (χ4n) is 1.54. The summed E-state index contributed by atoms with van der Waals surface area (Å²) in [5, 5.41) is 0. The van der Waals surface area contributed by atoms with Gasteiger partial charge in [0.25, 0.3) is 0 Å². The molecule has 0 aromatic heterocycles. The van der Waals surface area contributed by atoms with Crippen LogP contribution in [0.3, 0.4) is 0 Å². The Balaban J connectivity index is 2.91. The second kappa shape index (κ2) is 5.55. The molecule has 0 radical (unpaired) electrons. The Bertz CT molecular complexity index is 455. The maximum Gasteiger partial charge on any atom is 0.312 e. The number of ether oxygens (including phenoxy) is 1. The Hall–Kier alpha value is -1.64. The lowest BCUT2D eigenvalue weighted by Gasteiger charge is -2.30. The number of carbonyl (C=O) groups excluding carboxylic acids is 2. The van der Waals surface area contributed by atoms with Gasteiger partial charge in [0, 0.05) is 5.56 Å². The van der Waals surface area contributed by atoms with Crippen LogP contribution in [0, 0.1) is 5.41 Å². The molecule has 0 N–H and O–H groups in total. The molecule has 0 unspecified atom stereocenters. The van der Waals surface area contributed by atoms with E-state index in [9.17, 15) is 9.59 Å². The molecule has 0 aliphatic rings. The van der Waals surface area contributed by atoms with Crippen LogP contribution in [0.15, 0.2) is 24.3 Å². The molecule has 19 heavy (non-hydrogen) atoms. The highest BCUT2D eigenvalue weighted by molar-refractivity contribution is 5.76. The molecule has 3 nitrogen and oxygen atoms in total. The van der Waals surface area contributed by atoms with E-state index in [-0.39, 0.29) is 5.97 Å². The minimum atomic E-state index is -0.703. The van der Waals surface area contributed by atoms with Gasteiger partial charge in [-0.3, -0.25) is 9.59 Å². The third kappa shape index (κ3) is 3.66. The van der Waals surface area contributed by atoms with Gasteiger partial charge >= 0.3 is 5.97 Å². The van der Waals surface area contributed by atoms with Crippen molar-refractivity contribution < 1.29 is 14.3 Å². The third-order valence-corrected chi connectivity index (χ3v) is 3.53. The summed E-state index contributed by atoms with van der Waals surface area (Å²) in [4.78, 5) is 22.8. The summed E-state index contributed by atoms with van der Waals surface area (Å²) in [7, 11) is 0. The van der Waals surface area contributed by atoms with Crippen LogP contribution in [-0.4, -0.2) is 12.3 Å². The van der Waals surface area contributed by atoms with Gasteiger partial charge in [-0.15, -0.1) is 0 Å². The summed E-state index contributed by atoms with van der Waals surface area (Å²) in [6, 6.07) is 7.08. The van der Waals surface area contributed by atoms with E-state index in [1.807, 2.05) is 46.8 Å². The highest BCUT2D eigenvalue weighted by atomic mass is 16.6. The number of esters is 1. The van der Waals surface area contributed by atoms with E-state index in [1.165, 1.54) is 0 Å². The molecule has 0 saturated heterocycles. The largest absolute Gasteiger partial charge is 0.454 e. The van der Waals surface area contributed by atoms with Gasteiger partial charge in [-0.1, -0.05) is 31.2 Å². The van der Waals surface area contributed by atoms with Gasteiger partial charge in [0.15, 0.2) is 0 Å². The molecule has 0 atom stereocenters. The Morgan fingerprint density at radius 3 is 2.11 bits per heavy atom. The molecule has 0 spiro atoms. The first-order valence-electron chi connectivity index (χ1n) is 6.52. The van der Waals surface area contributed by atoms with Crippen LogP contribution in [0.25, 0.3) is 0 Å². The van der Waals surface area contributed by atoms with Crippen LogP contribution in [0.5, 0.6) is 0 Å². The third-order valence-electron chi connectivity index (χ3n) is 3.53. The van der Waals surface area contributed by atoms with Crippen LogP contribution in [0.1, 0.15) is 57.0 Å². The molecular formula is C16H22O3. The maximum atomic E-state index is 12.1. The molecule has 1 aromatic carbocycles. The normalized spacial score (nSPS) is 12.1. The first kappa shape index (κ1) is 15.4. The molecular weight excluding hydrogens is 240 g/mol. The molecule has 0 amide bonds. The molecule has 1 aromatic rings. The number of hydrogen-bond acceptors (Lipinski definition) is 3. The molecule has 1 rings (SSSR count). The van der Waals surface area contributed by atoms with Crippen molar-refractivity contribution in [1.82, 2.24) is 0 Å². The van der Waals surface area contributed by atoms with Gasteiger partial charge in [0.05, 0.1) is 5.41 Å². The van der Waals surface area contributed by atoms with Crippen LogP contribution in [0.2, 0.25) is 0 Å². The minimum Gasteiger partial charge on any atom is -0.454 e. The van der Waals surface area contributed by atoms with Crippen LogP contribution in [0.4, 0.5) is 0 Å². The van der Waals surface area contributed by atoms with Crippen molar-refractivity contribution in [2.75, 3.05) is 0 Å². The van der Waals surface area contributed by atoms with Crippen LogP contribution >= 0.6 is 0 Å². The van der Waals surface area contributed by atoms with Gasteiger partial charge in [-0.05, 0) is 39.7 Å². The monoisotopic (exact) mass is 262 g/mol. The summed E-state index contributed by atoms with van der Waals surface area (Å²) in [5.74, 6) is -0.209. The Kier molecular flexibility index (Phi) is 4.51. The SMILES string of the molecule is CCC(C)(C)C(=O)OC(C)(C)c1ccc(C=O)cc1. The predicted molar refractivity (Wildman–Crippen MR) is 75.0 cm³/mol. The number of rotatable bonds is 5. The number of benzene rings is 1. The van der Waals surface area contributed by atoms with Crippen LogP contribution < -0.4 is 0 Å². The topological polar surface area (TPSA) is 43.4 Å². The van der Waals surface area contributed by atoms with E-state index in [0.29, 0.717) is 5.56 Å². The summed E-state index contributed by atoms with van der Waals surface area (Å²) in [5.41, 5.74) is 0.295. The lowest BCUT2D eigenvalue weighted by molar-refractivity contribution is -0.168. The molecule has 0 aliphatic carbocycles. The van der Waals surface area contributed by atoms with E-state index in [4.69, 9.17) is 4.74 Å². The van der Waals surface area contributed by atoms with E-state index in [0.717, 1.165) is 18.3 Å². The molecule has 0 fully saturated rings.